The number of nitrogens with zero attached hydrogens (tertiary/aromatic N) is 2. The predicted octanol–water partition coefficient (Wildman–Crippen LogP) is 3.93. The number of nitrogens with one attached hydrogen (secondary N) is 1. The van der Waals surface area contributed by atoms with Crippen molar-refractivity contribution in [3.8, 4) is 5.75 Å². The van der Waals surface area contributed by atoms with Gasteiger partial charge in [-0.05, 0) is 43.7 Å². The molecule has 0 radical (unpaired) electrons. The molecular weight excluding hydrogens is 492 g/mol. The number of likely N-dealkylation sites (N-methyl/N-ethyl adjacent to an activating group) is 1. The molecule has 1 aliphatic rings. The van der Waals surface area contributed by atoms with Gasteiger partial charge in [-0.15, -0.1) is 0 Å². The Morgan fingerprint density at radius 1 is 1.31 bits per heavy atom. The zero-order chi connectivity index (χ0) is 26.6. The van der Waals surface area contributed by atoms with E-state index in [9.17, 15) is 27.1 Å². The lowest BCUT2D eigenvalue weighted by molar-refractivity contribution is 0.0830. The van der Waals surface area contributed by atoms with E-state index in [0.29, 0.717) is 0 Å². The van der Waals surface area contributed by atoms with Crippen LogP contribution in [0, 0.1) is 17.6 Å². The number of halogens is 2. The van der Waals surface area contributed by atoms with Gasteiger partial charge in [0.2, 0.25) is 10.0 Å². The summed E-state index contributed by atoms with van der Waals surface area (Å²) < 4.78 is 61.9. The maximum atomic E-state index is 14.0. The summed E-state index contributed by atoms with van der Waals surface area (Å²) in [5.41, 5.74) is 0.432. The Kier molecular flexibility index (Phi) is 8.70. The lowest BCUT2D eigenvalue weighted by Gasteiger charge is -2.37. The maximum Gasteiger partial charge on any atom is 0.321 e. The molecule has 0 unspecified atom stereocenters. The SMILES string of the molecule is C/C=C/c1ccc2c(c1)O[C@@H](CN(C)C(=O)Nc1cc(F)ccc1F)[C@@H](C)CN([C@H](C)CO)S2(=O)=O. The number of sulfonamides is 1. The highest BCUT2D eigenvalue weighted by atomic mass is 32.2. The lowest BCUT2D eigenvalue weighted by atomic mass is 10.0. The number of aliphatic hydroxyl groups excluding tert-OH is 1. The Bertz CT molecular complexity index is 1240. The summed E-state index contributed by atoms with van der Waals surface area (Å²) in [5, 5.41) is 12.1. The van der Waals surface area contributed by atoms with Crippen molar-refractivity contribution in [2.75, 3.05) is 32.1 Å². The van der Waals surface area contributed by atoms with Crippen molar-refractivity contribution in [3.05, 3.63) is 59.7 Å². The van der Waals surface area contributed by atoms with Crippen LogP contribution in [0.5, 0.6) is 5.75 Å². The second-order valence-corrected chi connectivity index (χ2v) is 10.7. The topological polar surface area (TPSA) is 99.2 Å². The van der Waals surface area contributed by atoms with Crippen LogP contribution in [-0.2, 0) is 10.0 Å². The molecule has 0 aliphatic carbocycles. The highest BCUT2D eigenvalue weighted by Crippen LogP contribution is 2.34. The molecule has 36 heavy (non-hydrogen) atoms. The molecule has 3 atom stereocenters. The molecule has 2 aromatic carbocycles. The first kappa shape index (κ1) is 27.6. The molecule has 1 aliphatic heterocycles. The van der Waals surface area contributed by atoms with E-state index in [1.165, 1.54) is 22.3 Å². The molecule has 2 amide bonds. The first-order valence-corrected chi connectivity index (χ1v) is 12.9. The lowest BCUT2D eigenvalue weighted by Crippen LogP contribution is -2.50. The van der Waals surface area contributed by atoms with Crippen LogP contribution in [0.3, 0.4) is 0 Å². The molecule has 0 saturated heterocycles. The smallest absolute Gasteiger partial charge is 0.321 e. The van der Waals surface area contributed by atoms with Crippen LogP contribution >= 0.6 is 0 Å². The fourth-order valence-corrected chi connectivity index (χ4v) is 5.74. The number of anilines is 1. The van der Waals surface area contributed by atoms with Crippen molar-refractivity contribution >= 4 is 27.8 Å². The number of carbonyl (C=O) groups excluding carboxylic acids is 1. The van der Waals surface area contributed by atoms with Gasteiger partial charge in [-0.25, -0.2) is 22.0 Å². The highest BCUT2D eigenvalue weighted by molar-refractivity contribution is 7.89. The van der Waals surface area contributed by atoms with Crippen molar-refractivity contribution in [1.82, 2.24) is 9.21 Å². The molecule has 0 fully saturated rings. The second-order valence-electron chi connectivity index (χ2n) is 8.88. The molecule has 2 N–H and O–H groups in total. The molecule has 0 bridgehead atoms. The van der Waals surface area contributed by atoms with Crippen LogP contribution in [0.2, 0.25) is 0 Å². The highest BCUT2D eigenvalue weighted by Gasteiger charge is 2.38. The Morgan fingerprint density at radius 3 is 2.69 bits per heavy atom. The third-order valence-corrected chi connectivity index (χ3v) is 8.04. The quantitative estimate of drug-likeness (QED) is 0.598. The van der Waals surface area contributed by atoms with E-state index in [1.807, 2.05) is 13.0 Å². The maximum absolute atomic E-state index is 14.0. The molecule has 0 saturated carbocycles. The normalized spacial score (nSPS) is 20.6. The van der Waals surface area contributed by atoms with Crippen molar-refractivity contribution < 1.29 is 31.8 Å². The van der Waals surface area contributed by atoms with E-state index in [-0.39, 0.29) is 36.0 Å². The fraction of sp³-hybridized carbons (Fsp3) is 0.400. The average Bonchev–Trinajstić information content (AvgIpc) is 2.83. The van der Waals surface area contributed by atoms with E-state index in [0.717, 1.165) is 23.8 Å². The molecule has 3 rings (SSSR count). The van der Waals surface area contributed by atoms with Crippen LogP contribution in [0.15, 0.2) is 47.4 Å². The number of allylic oxidation sites excluding steroid dienone is 1. The number of carbonyl (C=O) groups is 1. The molecule has 11 heteroatoms. The standard InChI is InChI=1S/C25H31F2N3O5S/c1-5-6-18-7-10-24-22(11-18)35-23(16(2)13-30(17(3)15-31)36(24,33)34)14-29(4)25(32)28-21-12-19(26)8-9-20(21)27/h5-12,16-17,23,31H,13-15H2,1-4H3,(H,28,32)/b6-5+/t16-,17+,23-/m0/s1. The van der Waals surface area contributed by atoms with E-state index in [1.54, 1.807) is 32.1 Å². The molecule has 196 valence electrons. The molecular formula is C25H31F2N3O5S. The van der Waals surface area contributed by atoms with Crippen LogP contribution in [0.4, 0.5) is 19.3 Å². The van der Waals surface area contributed by atoms with Crippen LogP contribution < -0.4 is 10.1 Å². The largest absolute Gasteiger partial charge is 0.487 e. The van der Waals surface area contributed by atoms with Gasteiger partial charge in [-0.1, -0.05) is 25.1 Å². The van der Waals surface area contributed by atoms with Gasteiger partial charge in [0.25, 0.3) is 0 Å². The van der Waals surface area contributed by atoms with Gasteiger partial charge in [0.1, 0.15) is 28.4 Å². The van der Waals surface area contributed by atoms with E-state index >= 15 is 0 Å². The van der Waals surface area contributed by atoms with Crippen molar-refractivity contribution in [2.24, 2.45) is 5.92 Å². The minimum Gasteiger partial charge on any atom is -0.487 e. The van der Waals surface area contributed by atoms with Gasteiger partial charge in [-0.2, -0.15) is 4.31 Å². The Morgan fingerprint density at radius 2 is 2.03 bits per heavy atom. The Labute approximate surface area is 210 Å². The van der Waals surface area contributed by atoms with Crippen molar-refractivity contribution in [1.29, 1.82) is 0 Å². The summed E-state index contributed by atoms with van der Waals surface area (Å²) in [5.74, 6) is -1.74. The van der Waals surface area contributed by atoms with Crippen molar-refractivity contribution in [3.63, 3.8) is 0 Å². The Balaban J connectivity index is 1.94. The number of aliphatic hydroxyl groups is 1. The number of ether oxygens (including phenoxy) is 1. The van der Waals surface area contributed by atoms with Crippen LogP contribution in [0.25, 0.3) is 6.08 Å². The van der Waals surface area contributed by atoms with E-state index in [4.69, 9.17) is 4.74 Å². The van der Waals surface area contributed by atoms with E-state index < -0.39 is 45.8 Å². The zero-order valence-corrected chi connectivity index (χ0v) is 21.4. The van der Waals surface area contributed by atoms with Gasteiger partial charge in [0.15, 0.2) is 0 Å². The fourth-order valence-electron chi connectivity index (χ4n) is 3.91. The summed E-state index contributed by atoms with van der Waals surface area (Å²) in [6.07, 6.45) is 2.96. The van der Waals surface area contributed by atoms with Crippen LogP contribution in [-0.4, -0.2) is 67.7 Å². The number of amides is 2. The first-order chi connectivity index (χ1) is 17.0. The molecule has 0 spiro atoms. The summed E-state index contributed by atoms with van der Waals surface area (Å²) in [7, 11) is -2.51. The minimum absolute atomic E-state index is 0.0264. The second kappa shape index (κ2) is 11.4. The minimum atomic E-state index is -3.98. The summed E-state index contributed by atoms with van der Waals surface area (Å²) in [4.78, 5) is 14.0. The van der Waals surface area contributed by atoms with Crippen molar-refractivity contribution in [2.45, 2.75) is 37.8 Å². The first-order valence-electron chi connectivity index (χ1n) is 11.5. The molecule has 0 aromatic heterocycles. The summed E-state index contributed by atoms with van der Waals surface area (Å²) >= 11 is 0. The predicted molar refractivity (Wildman–Crippen MR) is 133 cm³/mol. The van der Waals surface area contributed by atoms with Gasteiger partial charge in [0.05, 0.1) is 18.8 Å². The number of urea groups is 1. The van der Waals surface area contributed by atoms with E-state index in [2.05, 4.69) is 5.32 Å². The van der Waals surface area contributed by atoms with Gasteiger partial charge < -0.3 is 20.1 Å². The Hall–Kier alpha value is -3.02. The van der Waals surface area contributed by atoms with Gasteiger partial charge >= 0.3 is 6.03 Å². The average molecular weight is 524 g/mol. The number of rotatable bonds is 6. The monoisotopic (exact) mass is 523 g/mol. The summed E-state index contributed by atoms with van der Waals surface area (Å²) in [6, 6.07) is 6.12. The molecule has 8 nitrogen and oxygen atoms in total. The van der Waals surface area contributed by atoms with Crippen LogP contribution in [0.1, 0.15) is 26.3 Å². The third kappa shape index (κ3) is 6.03. The molecule has 1 heterocycles. The zero-order valence-electron chi connectivity index (χ0n) is 20.6. The number of hydrogen-bond donors (Lipinski definition) is 2. The number of fused-ring (bicyclic) bond motifs is 1. The number of hydrogen-bond acceptors (Lipinski definition) is 5. The van der Waals surface area contributed by atoms with Gasteiger partial charge in [0, 0.05) is 31.6 Å². The number of benzene rings is 2. The molecule has 2 aromatic rings. The summed E-state index contributed by atoms with van der Waals surface area (Å²) in [6.45, 7) is 4.93. The third-order valence-electron chi connectivity index (χ3n) is 6.02. The van der Waals surface area contributed by atoms with Gasteiger partial charge in [-0.3, -0.25) is 0 Å².